The van der Waals surface area contributed by atoms with Crippen LogP contribution in [0.3, 0.4) is 0 Å². The fourth-order valence-electron chi connectivity index (χ4n) is 5.20. The van der Waals surface area contributed by atoms with E-state index in [0.717, 1.165) is 41.8 Å². The monoisotopic (exact) mass is 898 g/mol. The van der Waals surface area contributed by atoms with Crippen molar-refractivity contribution in [2.75, 3.05) is 41.2 Å². The van der Waals surface area contributed by atoms with E-state index in [1.165, 1.54) is 6.07 Å². The van der Waals surface area contributed by atoms with Gasteiger partial charge >= 0.3 is 16.5 Å². The summed E-state index contributed by atoms with van der Waals surface area (Å²) in [5.74, 6) is -3.86. The third-order valence-corrected chi connectivity index (χ3v) is 11.6. The van der Waals surface area contributed by atoms with Crippen LogP contribution in [0.4, 0.5) is 50.4 Å². The molecule has 0 amide bonds. The first-order chi connectivity index (χ1) is 27.3. The van der Waals surface area contributed by atoms with Crippen LogP contribution >= 0.6 is 0 Å². The number of hydrogen-bond donors (Lipinski definition) is 6. The van der Waals surface area contributed by atoms with Crippen LogP contribution in [0.5, 0.6) is 5.75 Å². The maximum atomic E-state index is 14.5. The number of nitrogens with one attached hydrogen (secondary N) is 1. The molecule has 0 unspecified atom stereocenters. The number of fused-ring (bicyclic) bond motifs is 1. The SMILES string of the molecule is Cc1ccc(N=Nc2c(C)cc3cc(S(=O)(=O)O)c(N=Nc4cc(Nc5nc(F)nc(N(C)CS(=O)(=O)CCOS(=O)(=O)O)n5)ccc4S(=O)(=O)O)c(O)c3c2N)cc1. The molecule has 59 heavy (non-hydrogen) atoms. The number of hydrogen-bond acceptors (Lipinski definition) is 20. The van der Waals surface area contributed by atoms with Gasteiger partial charge in [0.1, 0.15) is 32.7 Å². The number of sulfone groups is 1. The van der Waals surface area contributed by atoms with E-state index >= 15 is 0 Å². The van der Waals surface area contributed by atoms with Gasteiger partial charge in [-0.2, -0.15) is 49.7 Å². The average molecular weight is 899 g/mol. The number of anilines is 4. The number of benzene rings is 4. The Morgan fingerprint density at radius 1 is 0.814 bits per heavy atom. The molecule has 5 aromatic rings. The Labute approximate surface area is 334 Å². The van der Waals surface area contributed by atoms with Crippen molar-refractivity contribution in [3.8, 4) is 5.75 Å². The summed E-state index contributed by atoms with van der Waals surface area (Å²) in [5, 5.41) is 29.6. The third-order valence-electron chi connectivity index (χ3n) is 7.82. The first kappa shape index (κ1) is 44.2. The van der Waals surface area contributed by atoms with Crippen LogP contribution in [0.15, 0.2) is 84.8 Å². The second-order valence-corrected chi connectivity index (χ2v) is 18.4. The number of azo groups is 2. The highest BCUT2D eigenvalue weighted by Crippen LogP contribution is 2.47. The van der Waals surface area contributed by atoms with Gasteiger partial charge in [-0.1, -0.05) is 17.7 Å². The summed E-state index contributed by atoms with van der Waals surface area (Å²) in [6.07, 6.45) is -1.43. The van der Waals surface area contributed by atoms with Crippen molar-refractivity contribution < 1.29 is 61.0 Å². The number of aromatic hydroxyl groups is 1. The topological polar surface area (TPSA) is 356 Å². The molecule has 0 bridgehead atoms. The first-order valence-corrected chi connectivity index (χ1v) is 22.2. The van der Waals surface area contributed by atoms with Gasteiger partial charge in [0.05, 0.1) is 29.1 Å². The summed E-state index contributed by atoms with van der Waals surface area (Å²) >= 11 is 0. The van der Waals surface area contributed by atoms with Gasteiger partial charge in [-0.3, -0.25) is 13.7 Å². The molecule has 28 heteroatoms. The summed E-state index contributed by atoms with van der Waals surface area (Å²) in [6, 6.07) is 12.0. The number of rotatable bonds is 15. The zero-order valence-electron chi connectivity index (χ0n) is 30.4. The van der Waals surface area contributed by atoms with E-state index in [1.807, 2.05) is 6.92 Å². The highest BCUT2D eigenvalue weighted by molar-refractivity contribution is 7.91. The Kier molecular flexibility index (Phi) is 12.6. The molecule has 314 valence electrons. The molecule has 0 aliphatic carbocycles. The largest absolute Gasteiger partial charge is 0.505 e. The number of aromatic nitrogens is 3. The summed E-state index contributed by atoms with van der Waals surface area (Å²) in [4.78, 5) is 9.73. The highest BCUT2D eigenvalue weighted by Gasteiger charge is 2.26. The van der Waals surface area contributed by atoms with Gasteiger partial charge in [0.25, 0.3) is 20.2 Å². The lowest BCUT2D eigenvalue weighted by molar-refractivity contribution is 0.284. The molecule has 1 aromatic heterocycles. The number of nitrogens with two attached hydrogens (primary N) is 1. The zero-order chi connectivity index (χ0) is 43.7. The molecule has 0 aliphatic rings. The van der Waals surface area contributed by atoms with Crippen LogP contribution in [0.2, 0.25) is 0 Å². The van der Waals surface area contributed by atoms with Crippen LogP contribution in [-0.4, -0.2) is 92.7 Å². The zero-order valence-corrected chi connectivity index (χ0v) is 33.7. The number of phenolic OH excluding ortho intramolecular Hbond substituents is 1. The van der Waals surface area contributed by atoms with Crippen LogP contribution in [-0.2, 0) is 44.7 Å². The molecule has 5 rings (SSSR count). The number of phenols is 1. The lowest BCUT2D eigenvalue weighted by Gasteiger charge is -2.17. The van der Waals surface area contributed by atoms with Crippen molar-refractivity contribution in [3.05, 3.63) is 71.8 Å². The summed E-state index contributed by atoms with van der Waals surface area (Å²) in [6.45, 7) is 2.53. The third kappa shape index (κ3) is 11.2. The molecule has 7 N–H and O–H groups in total. The molecule has 1 heterocycles. The minimum absolute atomic E-state index is 0.0153. The van der Waals surface area contributed by atoms with Gasteiger partial charge in [-0.15, -0.1) is 15.3 Å². The quantitative estimate of drug-likeness (QED) is 0.0468. The van der Waals surface area contributed by atoms with Crippen molar-refractivity contribution >= 4 is 97.3 Å². The molecule has 0 fully saturated rings. The minimum atomic E-state index is -5.18. The second kappa shape index (κ2) is 16.8. The van der Waals surface area contributed by atoms with Crippen molar-refractivity contribution in [1.29, 1.82) is 0 Å². The van der Waals surface area contributed by atoms with E-state index in [9.17, 15) is 52.3 Å². The molecule has 0 spiro atoms. The normalized spacial score (nSPS) is 12.8. The first-order valence-electron chi connectivity index (χ1n) is 16.1. The Bertz CT molecular complexity index is 2990. The van der Waals surface area contributed by atoms with Crippen molar-refractivity contribution in [3.63, 3.8) is 0 Å². The number of nitrogens with zero attached hydrogens (tertiary/aromatic N) is 8. The highest BCUT2D eigenvalue weighted by atomic mass is 32.3. The van der Waals surface area contributed by atoms with E-state index < -0.39 is 104 Å². The van der Waals surface area contributed by atoms with Crippen molar-refractivity contribution in [2.45, 2.75) is 23.6 Å². The smallest absolute Gasteiger partial charge is 0.397 e. The summed E-state index contributed by atoms with van der Waals surface area (Å²) < 4.78 is 143. The fraction of sp³-hybridized carbons (Fsp3) is 0.194. The maximum Gasteiger partial charge on any atom is 0.397 e. The summed E-state index contributed by atoms with van der Waals surface area (Å²) in [5.41, 5.74) is 6.31. The van der Waals surface area contributed by atoms with E-state index in [4.69, 9.17) is 10.3 Å². The molecule has 0 atom stereocenters. The van der Waals surface area contributed by atoms with Crippen molar-refractivity contribution in [1.82, 2.24) is 15.0 Å². The standard InChI is InChI=1S/C31H31FN10O13S4/c1-16-4-6-19(7-5-16)38-40-26-17(2)12-18-13-23(58(49,50)51)27(28(43)24(18)25(26)33)41-39-21-14-20(8-9-22(21)57(46,47)48)34-30-35-29(32)36-31(37-30)42(3)15-56(44,45)11-10-55-59(52,53)54/h4-9,12-14,43H,10-11,15,33H2,1-3H3,(H,46,47,48)(H,49,50,51)(H,52,53,54)(H,34,35,36,37). The minimum Gasteiger partial charge on any atom is -0.505 e. The lowest BCUT2D eigenvalue weighted by Crippen LogP contribution is -2.31. The van der Waals surface area contributed by atoms with E-state index in [0.29, 0.717) is 11.3 Å². The van der Waals surface area contributed by atoms with Crippen LogP contribution < -0.4 is 16.0 Å². The maximum absolute atomic E-state index is 14.5. The summed E-state index contributed by atoms with van der Waals surface area (Å²) in [7, 11) is -18.2. The van der Waals surface area contributed by atoms with Gasteiger partial charge in [-0.25, -0.2) is 12.6 Å². The Morgan fingerprint density at radius 2 is 1.46 bits per heavy atom. The van der Waals surface area contributed by atoms with Gasteiger partial charge in [0, 0.05) is 12.7 Å². The van der Waals surface area contributed by atoms with Crippen molar-refractivity contribution in [2.24, 2.45) is 20.5 Å². The second-order valence-electron chi connectivity index (χ2n) is 12.4. The molecule has 0 saturated heterocycles. The molecule has 0 saturated carbocycles. The molecule has 0 radical (unpaired) electrons. The van der Waals surface area contributed by atoms with Crippen LogP contribution in [0, 0.1) is 19.9 Å². The number of halogens is 1. The molecule has 4 aromatic carbocycles. The average Bonchev–Trinajstić information content (AvgIpc) is 3.09. The molecule has 0 aliphatic heterocycles. The Hall–Kier alpha value is -5.88. The van der Waals surface area contributed by atoms with E-state index in [1.54, 1.807) is 31.2 Å². The number of aryl methyl sites for hydroxylation is 2. The fourth-order valence-corrected chi connectivity index (χ4v) is 8.04. The van der Waals surface area contributed by atoms with Gasteiger partial charge < -0.3 is 21.1 Å². The van der Waals surface area contributed by atoms with Crippen LogP contribution in [0.1, 0.15) is 11.1 Å². The van der Waals surface area contributed by atoms with Gasteiger partial charge in [-0.05, 0) is 67.3 Å². The Balaban J connectivity index is 1.53. The van der Waals surface area contributed by atoms with Gasteiger partial charge in [0.15, 0.2) is 15.6 Å². The Morgan fingerprint density at radius 3 is 2.08 bits per heavy atom. The van der Waals surface area contributed by atoms with E-state index in [2.05, 4.69) is 44.9 Å². The molecular weight excluding hydrogens is 868 g/mol. The molecule has 23 nitrogen and oxygen atoms in total. The van der Waals surface area contributed by atoms with E-state index in [-0.39, 0.29) is 27.8 Å². The molecular formula is C31H31FN10O13S4. The van der Waals surface area contributed by atoms with Crippen LogP contribution in [0.25, 0.3) is 10.8 Å². The number of nitrogen functional groups attached to an aromatic ring is 1. The lowest BCUT2D eigenvalue weighted by atomic mass is 10.0. The predicted molar refractivity (Wildman–Crippen MR) is 208 cm³/mol. The van der Waals surface area contributed by atoms with Gasteiger partial charge in [0.2, 0.25) is 11.9 Å². The predicted octanol–water partition coefficient (Wildman–Crippen LogP) is 4.76.